The third-order valence-corrected chi connectivity index (χ3v) is 4.92. The molecule has 146 valence electrons. The number of ether oxygens (including phenoxy) is 1. The van der Waals surface area contributed by atoms with Crippen molar-refractivity contribution >= 4 is 23.3 Å². The Labute approximate surface area is 158 Å². The zero-order chi connectivity index (χ0) is 19.4. The van der Waals surface area contributed by atoms with E-state index < -0.39 is 5.97 Å². The molecular weight excluding hydrogens is 350 g/mol. The van der Waals surface area contributed by atoms with Crippen molar-refractivity contribution in [3.8, 4) is 0 Å². The van der Waals surface area contributed by atoms with Crippen LogP contribution < -0.4 is 10.2 Å². The normalized spacial score (nSPS) is 18.3. The highest BCUT2D eigenvalue weighted by molar-refractivity contribution is 6.09. The van der Waals surface area contributed by atoms with Crippen molar-refractivity contribution in [2.45, 2.75) is 18.9 Å². The van der Waals surface area contributed by atoms with Gasteiger partial charge in [0.15, 0.2) is 0 Å². The molecule has 2 heterocycles. The number of nitrogens with one attached hydrogen (secondary N) is 1. The van der Waals surface area contributed by atoms with Gasteiger partial charge in [-0.1, -0.05) is 12.1 Å². The molecule has 1 amide bonds. The molecule has 0 saturated carbocycles. The van der Waals surface area contributed by atoms with Gasteiger partial charge in [-0.2, -0.15) is 0 Å². The monoisotopic (exact) mass is 375 g/mol. The highest BCUT2D eigenvalue weighted by atomic mass is 16.5. The van der Waals surface area contributed by atoms with Gasteiger partial charge in [-0.15, -0.1) is 0 Å². The van der Waals surface area contributed by atoms with Crippen LogP contribution in [0.15, 0.2) is 35.5 Å². The van der Waals surface area contributed by atoms with Crippen LogP contribution in [0.3, 0.4) is 0 Å². The van der Waals surface area contributed by atoms with Crippen LogP contribution in [0, 0.1) is 0 Å². The Hall–Kier alpha value is -2.58. The number of carbonyl (C=O) groups excluding carboxylic acids is 2. The van der Waals surface area contributed by atoms with Gasteiger partial charge in [-0.25, -0.2) is 4.79 Å². The van der Waals surface area contributed by atoms with E-state index in [1.165, 1.54) is 12.0 Å². The van der Waals surface area contributed by atoms with Gasteiger partial charge in [0.2, 0.25) is 0 Å². The van der Waals surface area contributed by atoms with Gasteiger partial charge in [0.1, 0.15) is 5.70 Å². The molecule has 0 bridgehead atoms. The number of β-amino-alcohol motifs (C(OH)–C–C–N with tert-alkyl or cyclic N) is 1. The zero-order valence-electron chi connectivity index (χ0n) is 15.4. The quantitative estimate of drug-likeness (QED) is 0.616. The number of hydrogen-bond donors (Lipinski definition) is 3. The molecule has 0 aliphatic carbocycles. The Kier molecular flexibility index (Phi) is 5.98. The van der Waals surface area contributed by atoms with Crippen molar-refractivity contribution in [2.75, 3.05) is 50.1 Å². The minimum Gasteiger partial charge on any atom is -0.466 e. The van der Waals surface area contributed by atoms with E-state index in [0.29, 0.717) is 31.6 Å². The third kappa shape index (κ3) is 4.06. The third-order valence-electron chi connectivity index (χ3n) is 4.92. The first-order chi connectivity index (χ1) is 13.0. The molecular formula is C19H25N3O5. The lowest BCUT2D eigenvalue weighted by atomic mass is 10.1. The average molecular weight is 375 g/mol. The van der Waals surface area contributed by atoms with Gasteiger partial charge in [0, 0.05) is 19.6 Å². The first-order valence-corrected chi connectivity index (χ1v) is 9.05. The van der Waals surface area contributed by atoms with Crippen LogP contribution >= 0.6 is 0 Å². The summed E-state index contributed by atoms with van der Waals surface area (Å²) >= 11 is 0. The smallest absolute Gasteiger partial charge is 0.337 e. The standard InChI is InChI=1S/C19H25N3O5/c1-27-19(26)14-12-22(10-11-23)18(25)17(14)20-15-4-2-3-5-16(15)21-8-6-13(24)7-9-21/h2-5,13,20,23-24H,6-12H2,1H3. The van der Waals surface area contributed by atoms with Gasteiger partial charge >= 0.3 is 5.97 Å². The van der Waals surface area contributed by atoms with E-state index >= 15 is 0 Å². The minimum absolute atomic E-state index is 0.104. The number of methoxy groups -OCH3 is 1. The summed E-state index contributed by atoms with van der Waals surface area (Å²) in [6.07, 6.45) is 1.10. The Morgan fingerprint density at radius 1 is 1.30 bits per heavy atom. The number of aliphatic hydroxyl groups is 2. The van der Waals surface area contributed by atoms with Crippen molar-refractivity contribution in [2.24, 2.45) is 0 Å². The summed E-state index contributed by atoms with van der Waals surface area (Å²) < 4.78 is 4.82. The molecule has 3 rings (SSSR count). The summed E-state index contributed by atoms with van der Waals surface area (Å²) in [7, 11) is 1.28. The second kappa shape index (κ2) is 8.41. The molecule has 2 aliphatic rings. The second-order valence-corrected chi connectivity index (χ2v) is 6.66. The van der Waals surface area contributed by atoms with Crippen molar-refractivity contribution in [3.63, 3.8) is 0 Å². The van der Waals surface area contributed by atoms with Crippen LogP contribution in [0.4, 0.5) is 11.4 Å². The SMILES string of the molecule is COC(=O)C1=C(Nc2ccccc2N2CCC(O)CC2)C(=O)N(CCO)C1. The molecule has 27 heavy (non-hydrogen) atoms. The lowest BCUT2D eigenvalue weighted by Crippen LogP contribution is -2.36. The lowest BCUT2D eigenvalue weighted by molar-refractivity contribution is -0.136. The Bertz CT molecular complexity index is 741. The lowest BCUT2D eigenvalue weighted by Gasteiger charge is -2.33. The van der Waals surface area contributed by atoms with Crippen molar-refractivity contribution in [3.05, 3.63) is 35.5 Å². The maximum Gasteiger partial charge on any atom is 0.337 e. The molecule has 0 atom stereocenters. The van der Waals surface area contributed by atoms with Crippen LogP contribution in [-0.4, -0.2) is 73.0 Å². The van der Waals surface area contributed by atoms with E-state index in [1.54, 1.807) is 0 Å². The van der Waals surface area contributed by atoms with Crippen LogP contribution in [0.1, 0.15) is 12.8 Å². The molecule has 0 radical (unpaired) electrons. The van der Waals surface area contributed by atoms with Crippen LogP contribution in [0.25, 0.3) is 0 Å². The van der Waals surface area contributed by atoms with Gasteiger partial charge < -0.3 is 30.1 Å². The van der Waals surface area contributed by atoms with Crippen LogP contribution in [0.5, 0.6) is 0 Å². The molecule has 8 nitrogen and oxygen atoms in total. The van der Waals surface area contributed by atoms with Gasteiger partial charge in [0.05, 0.1) is 43.3 Å². The minimum atomic E-state index is -0.565. The highest BCUT2D eigenvalue weighted by Crippen LogP contribution is 2.31. The molecule has 0 spiro atoms. The number of nitrogens with zero attached hydrogens (tertiary/aromatic N) is 2. The molecule has 8 heteroatoms. The fourth-order valence-corrected chi connectivity index (χ4v) is 3.45. The van der Waals surface area contributed by atoms with E-state index in [1.807, 2.05) is 24.3 Å². The molecule has 1 aromatic carbocycles. The number of amides is 1. The molecule has 1 fully saturated rings. The van der Waals surface area contributed by atoms with Gasteiger partial charge in [0.25, 0.3) is 5.91 Å². The predicted octanol–water partition coefficient (Wildman–Crippen LogP) is 0.321. The molecule has 1 aromatic rings. The molecule has 1 saturated heterocycles. The first-order valence-electron chi connectivity index (χ1n) is 9.05. The van der Waals surface area contributed by atoms with E-state index in [2.05, 4.69) is 10.2 Å². The molecule has 3 N–H and O–H groups in total. The maximum atomic E-state index is 12.7. The molecule has 0 aromatic heterocycles. The summed E-state index contributed by atoms with van der Waals surface area (Å²) in [5, 5.41) is 22.0. The summed E-state index contributed by atoms with van der Waals surface area (Å²) in [5.41, 5.74) is 2.05. The summed E-state index contributed by atoms with van der Waals surface area (Å²) in [6.45, 7) is 1.50. The molecule has 0 unspecified atom stereocenters. The number of para-hydroxylation sites is 2. The van der Waals surface area contributed by atoms with E-state index in [-0.39, 0.29) is 43.0 Å². The number of esters is 1. The second-order valence-electron chi connectivity index (χ2n) is 6.66. The van der Waals surface area contributed by atoms with E-state index in [9.17, 15) is 14.7 Å². The number of anilines is 2. The number of rotatable bonds is 6. The highest BCUT2D eigenvalue weighted by Gasteiger charge is 2.35. The van der Waals surface area contributed by atoms with Crippen molar-refractivity contribution in [1.82, 2.24) is 4.90 Å². The molecule has 2 aliphatic heterocycles. The summed E-state index contributed by atoms with van der Waals surface area (Å²) in [6, 6.07) is 7.57. The Morgan fingerprint density at radius 2 is 2.00 bits per heavy atom. The Balaban J connectivity index is 1.88. The van der Waals surface area contributed by atoms with Gasteiger partial charge in [-0.05, 0) is 25.0 Å². The maximum absolute atomic E-state index is 12.7. The fourth-order valence-electron chi connectivity index (χ4n) is 3.45. The summed E-state index contributed by atoms with van der Waals surface area (Å²) in [5.74, 6) is -0.904. The summed E-state index contributed by atoms with van der Waals surface area (Å²) in [4.78, 5) is 28.4. The topological polar surface area (TPSA) is 102 Å². The average Bonchev–Trinajstić information content (AvgIpc) is 2.99. The number of hydrogen-bond acceptors (Lipinski definition) is 7. The zero-order valence-corrected chi connectivity index (χ0v) is 15.4. The van der Waals surface area contributed by atoms with E-state index in [0.717, 1.165) is 5.69 Å². The van der Waals surface area contributed by atoms with Crippen molar-refractivity contribution < 1.29 is 24.5 Å². The van der Waals surface area contributed by atoms with Crippen LogP contribution in [-0.2, 0) is 14.3 Å². The van der Waals surface area contributed by atoms with Crippen LogP contribution in [0.2, 0.25) is 0 Å². The first kappa shape index (κ1) is 19.2. The number of aliphatic hydroxyl groups excluding tert-OH is 2. The Morgan fingerprint density at radius 3 is 2.67 bits per heavy atom. The predicted molar refractivity (Wildman–Crippen MR) is 100 cm³/mol. The van der Waals surface area contributed by atoms with Crippen molar-refractivity contribution in [1.29, 1.82) is 0 Å². The van der Waals surface area contributed by atoms with E-state index in [4.69, 9.17) is 9.84 Å². The number of piperidine rings is 1. The largest absolute Gasteiger partial charge is 0.466 e. The fraction of sp³-hybridized carbons (Fsp3) is 0.474. The number of benzene rings is 1. The van der Waals surface area contributed by atoms with Gasteiger partial charge in [-0.3, -0.25) is 4.79 Å². The number of carbonyl (C=O) groups is 2.